The maximum absolute atomic E-state index is 8.61. The fourth-order valence-corrected chi connectivity index (χ4v) is 1.56. The Kier molecular flexibility index (Phi) is 11.9. The van der Waals surface area contributed by atoms with Crippen LogP contribution in [0.15, 0.2) is 0 Å². The summed E-state index contributed by atoms with van der Waals surface area (Å²) in [6.45, 7) is 3.65. The van der Waals surface area contributed by atoms with Crippen molar-refractivity contribution >= 4 is 0 Å². The Balaban J connectivity index is 3.28. The third-order valence-electron chi connectivity index (χ3n) is 2.55. The van der Waals surface area contributed by atoms with Gasteiger partial charge < -0.3 is 15.6 Å². The Morgan fingerprint density at radius 1 is 1.13 bits per heavy atom. The third kappa shape index (κ3) is 10.2. The van der Waals surface area contributed by atoms with Crippen molar-refractivity contribution in [3.8, 4) is 0 Å². The lowest BCUT2D eigenvalue weighted by Gasteiger charge is -2.15. The first kappa shape index (κ1) is 14.9. The molecular formula is C12H27NO2. The molecule has 3 nitrogen and oxygen atoms in total. The van der Waals surface area contributed by atoms with Crippen LogP contribution in [0, 0.1) is 0 Å². The highest BCUT2D eigenvalue weighted by atomic mass is 16.5. The summed E-state index contributed by atoms with van der Waals surface area (Å²) in [5, 5.41) is 8.61. The molecule has 0 aromatic rings. The highest BCUT2D eigenvalue weighted by Crippen LogP contribution is 2.09. The molecule has 0 spiro atoms. The molecule has 0 bridgehead atoms. The SMILES string of the molecule is CCCCCCCC(CN)OCCCO. The van der Waals surface area contributed by atoms with Gasteiger partial charge in [0.25, 0.3) is 0 Å². The number of ether oxygens (including phenoxy) is 1. The van der Waals surface area contributed by atoms with Gasteiger partial charge in [-0.15, -0.1) is 0 Å². The summed E-state index contributed by atoms with van der Waals surface area (Å²) >= 11 is 0. The van der Waals surface area contributed by atoms with Crippen LogP contribution in [0.1, 0.15) is 51.9 Å². The van der Waals surface area contributed by atoms with Crippen LogP contribution in [-0.2, 0) is 4.74 Å². The molecular weight excluding hydrogens is 190 g/mol. The summed E-state index contributed by atoms with van der Waals surface area (Å²) in [4.78, 5) is 0. The van der Waals surface area contributed by atoms with E-state index in [9.17, 15) is 0 Å². The predicted octanol–water partition coefficient (Wildman–Crippen LogP) is 2.07. The van der Waals surface area contributed by atoms with Gasteiger partial charge >= 0.3 is 0 Å². The zero-order chi connectivity index (χ0) is 11.4. The van der Waals surface area contributed by atoms with Gasteiger partial charge in [-0.1, -0.05) is 39.0 Å². The minimum atomic E-state index is 0.193. The van der Waals surface area contributed by atoms with Crippen molar-refractivity contribution in [3.05, 3.63) is 0 Å². The van der Waals surface area contributed by atoms with Gasteiger partial charge in [-0.3, -0.25) is 0 Å². The first-order valence-electron chi connectivity index (χ1n) is 6.27. The average molecular weight is 217 g/mol. The van der Waals surface area contributed by atoms with E-state index in [1.807, 2.05) is 0 Å². The van der Waals surface area contributed by atoms with Gasteiger partial charge in [-0.2, -0.15) is 0 Å². The van der Waals surface area contributed by atoms with Crippen molar-refractivity contribution in [3.63, 3.8) is 0 Å². The molecule has 0 saturated heterocycles. The van der Waals surface area contributed by atoms with Gasteiger partial charge in [0.15, 0.2) is 0 Å². The molecule has 0 amide bonds. The predicted molar refractivity (Wildman–Crippen MR) is 63.9 cm³/mol. The lowest BCUT2D eigenvalue weighted by Crippen LogP contribution is -2.24. The van der Waals surface area contributed by atoms with E-state index in [2.05, 4.69) is 6.92 Å². The summed E-state index contributed by atoms with van der Waals surface area (Å²) in [6.07, 6.45) is 8.40. The molecule has 0 radical (unpaired) electrons. The summed E-state index contributed by atoms with van der Waals surface area (Å²) in [5.41, 5.74) is 5.61. The number of hydrogen-bond acceptors (Lipinski definition) is 3. The van der Waals surface area contributed by atoms with Crippen molar-refractivity contribution in [1.29, 1.82) is 0 Å². The lowest BCUT2D eigenvalue weighted by molar-refractivity contribution is 0.0427. The van der Waals surface area contributed by atoms with E-state index in [1.165, 1.54) is 32.1 Å². The molecule has 3 N–H and O–H groups in total. The fraction of sp³-hybridized carbons (Fsp3) is 1.00. The summed E-state index contributed by atoms with van der Waals surface area (Å²) < 4.78 is 5.55. The Morgan fingerprint density at radius 3 is 2.47 bits per heavy atom. The number of nitrogens with two attached hydrogens (primary N) is 1. The Labute approximate surface area is 94.0 Å². The number of unbranched alkanes of at least 4 members (excludes halogenated alkanes) is 4. The summed E-state index contributed by atoms with van der Waals surface area (Å²) in [6, 6.07) is 0. The molecule has 0 heterocycles. The quantitative estimate of drug-likeness (QED) is 0.521. The van der Waals surface area contributed by atoms with Gasteiger partial charge in [0.05, 0.1) is 6.10 Å². The van der Waals surface area contributed by atoms with E-state index < -0.39 is 0 Å². The monoisotopic (exact) mass is 217 g/mol. The average Bonchev–Trinajstić information content (AvgIpc) is 2.26. The van der Waals surface area contributed by atoms with E-state index >= 15 is 0 Å². The van der Waals surface area contributed by atoms with E-state index in [4.69, 9.17) is 15.6 Å². The number of rotatable bonds is 11. The number of aliphatic hydroxyl groups is 1. The van der Waals surface area contributed by atoms with Crippen LogP contribution in [-0.4, -0.2) is 31.0 Å². The summed E-state index contributed by atoms with van der Waals surface area (Å²) in [7, 11) is 0. The highest BCUT2D eigenvalue weighted by molar-refractivity contribution is 4.59. The molecule has 0 aliphatic carbocycles. The van der Waals surface area contributed by atoms with Crippen LogP contribution in [0.4, 0.5) is 0 Å². The smallest absolute Gasteiger partial charge is 0.0697 e. The topological polar surface area (TPSA) is 55.5 Å². The second-order valence-electron chi connectivity index (χ2n) is 4.01. The van der Waals surface area contributed by atoms with Gasteiger partial charge in [-0.25, -0.2) is 0 Å². The van der Waals surface area contributed by atoms with Crippen molar-refractivity contribution in [2.24, 2.45) is 5.73 Å². The van der Waals surface area contributed by atoms with Crippen LogP contribution >= 0.6 is 0 Å². The largest absolute Gasteiger partial charge is 0.396 e. The lowest BCUT2D eigenvalue weighted by atomic mass is 10.1. The second-order valence-corrected chi connectivity index (χ2v) is 4.01. The van der Waals surface area contributed by atoms with Gasteiger partial charge in [0.2, 0.25) is 0 Å². The maximum Gasteiger partial charge on any atom is 0.0697 e. The maximum atomic E-state index is 8.61. The Morgan fingerprint density at radius 2 is 1.87 bits per heavy atom. The highest BCUT2D eigenvalue weighted by Gasteiger charge is 2.05. The Hall–Kier alpha value is -0.120. The molecule has 0 rings (SSSR count). The molecule has 1 unspecified atom stereocenters. The minimum Gasteiger partial charge on any atom is -0.396 e. The zero-order valence-corrected chi connectivity index (χ0v) is 10.1. The first-order valence-corrected chi connectivity index (χ1v) is 6.27. The van der Waals surface area contributed by atoms with Crippen molar-refractivity contribution in [2.75, 3.05) is 19.8 Å². The fourth-order valence-electron chi connectivity index (χ4n) is 1.56. The van der Waals surface area contributed by atoms with Crippen LogP contribution in [0.2, 0.25) is 0 Å². The molecule has 0 aliphatic rings. The van der Waals surface area contributed by atoms with Crippen molar-refractivity contribution < 1.29 is 9.84 Å². The minimum absolute atomic E-state index is 0.193. The normalized spacial score (nSPS) is 13.0. The standard InChI is InChI=1S/C12H27NO2/c1-2-3-4-5-6-8-12(11-13)15-10-7-9-14/h12,14H,2-11,13H2,1H3. The Bertz CT molecular complexity index is 120. The molecule has 0 aromatic heterocycles. The third-order valence-corrected chi connectivity index (χ3v) is 2.55. The van der Waals surface area contributed by atoms with Gasteiger partial charge in [0, 0.05) is 19.8 Å². The molecule has 0 saturated carbocycles. The molecule has 15 heavy (non-hydrogen) atoms. The second kappa shape index (κ2) is 12.0. The van der Waals surface area contributed by atoms with Crippen LogP contribution in [0.3, 0.4) is 0 Å². The zero-order valence-electron chi connectivity index (χ0n) is 10.1. The molecule has 1 atom stereocenters. The van der Waals surface area contributed by atoms with Crippen molar-refractivity contribution in [1.82, 2.24) is 0 Å². The van der Waals surface area contributed by atoms with Gasteiger partial charge in [-0.05, 0) is 12.8 Å². The molecule has 92 valence electrons. The van der Waals surface area contributed by atoms with E-state index in [1.54, 1.807) is 0 Å². The summed E-state index contributed by atoms with van der Waals surface area (Å²) in [5.74, 6) is 0. The van der Waals surface area contributed by atoms with E-state index in [0.717, 1.165) is 6.42 Å². The van der Waals surface area contributed by atoms with Gasteiger partial charge in [0.1, 0.15) is 0 Å². The van der Waals surface area contributed by atoms with E-state index in [0.29, 0.717) is 19.6 Å². The van der Waals surface area contributed by atoms with Crippen LogP contribution in [0.25, 0.3) is 0 Å². The molecule has 3 heteroatoms. The number of aliphatic hydroxyl groups excluding tert-OH is 1. The molecule has 0 aliphatic heterocycles. The van der Waals surface area contributed by atoms with Crippen LogP contribution in [0.5, 0.6) is 0 Å². The molecule has 0 fully saturated rings. The molecule has 0 aromatic carbocycles. The first-order chi connectivity index (χ1) is 7.35. The number of hydrogen-bond donors (Lipinski definition) is 2. The van der Waals surface area contributed by atoms with Crippen LogP contribution < -0.4 is 5.73 Å². The van der Waals surface area contributed by atoms with E-state index in [-0.39, 0.29) is 12.7 Å². The van der Waals surface area contributed by atoms with Crippen molar-refractivity contribution in [2.45, 2.75) is 58.0 Å².